The van der Waals surface area contributed by atoms with Crippen molar-refractivity contribution in [3.05, 3.63) is 24.0 Å². The maximum atomic E-state index is 4.15. The number of aryl methyl sites for hydroxylation is 1. The molecule has 0 aliphatic carbocycles. The summed E-state index contributed by atoms with van der Waals surface area (Å²) in [5, 5.41) is 0. The monoisotopic (exact) mass is 119 g/mol. The maximum Gasteiger partial charge on any atom is 0.156 e. The zero-order valence-corrected chi connectivity index (χ0v) is 5.89. The van der Waals surface area contributed by atoms with Crippen LogP contribution >= 0.6 is 0 Å². The van der Waals surface area contributed by atoms with Crippen LogP contribution in [0, 0.1) is 6.92 Å². The molecule has 0 N–H and O–H groups in total. The zero-order chi connectivity index (χ0) is 6.69. The maximum absolute atomic E-state index is 4.15. The third-order valence-electron chi connectivity index (χ3n) is 1.38. The van der Waals surface area contributed by atoms with Gasteiger partial charge in [-0.3, -0.25) is 4.98 Å². The summed E-state index contributed by atoms with van der Waals surface area (Å²) in [4.78, 5) is 4.15. The van der Waals surface area contributed by atoms with E-state index in [-0.39, 0.29) is 0 Å². The Morgan fingerprint density at radius 2 is 2.22 bits per heavy atom. The van der Waals surface area contributed by atoms with E-state index in [0.29, 0.717) is 0 Å². The van der Waals surface area contributed by atoms with E-state index in [1.807, 2.05) is 19.2 Å². The Balaban J connectivity index is 2.88. The van der Waals surface area contributed by atoms with E-state index in [4.69, 9.17) is 0 Å². The molecule has 2 heteroatoms. The Morgan fingerprint density at radius 1 is 1.44 bits per heavy atom. The van der Waals surface area contributed by atoms with E-state index in [0.717, 1.165) is 13.0 Å². The second kappa shape index (κ2) is 2.67. The van der Waals surface area contributed by atoms with Gasteiger partial charge in [0.05, 0.1) is 0 Å². The molecule has 0 atom stereocenters. The van der Waals surface area contributed by atoms with Gasteiger partial charge in [0, 0.05) is 11.9 Å². The van der Waals surface area contributed by atoms with Gasteiger partial charge in [0.25, 0.3) is 0 Å². The summed E-state index contributed by atoms with van der Waals surface area (Å²) in [5.41, 5.74) is 2.40. The molecule has 46 valence electrons. The number of nitrogens with zero attached hydrogens (tertiary/aromatic N) is 1. The van der Waals surface area contributed by atoms with Crippen molar-refractivity contribution in [2.75, 3.05) is 0 Å². The molecular weight excluding hydrogens is 109 g/mol. The van der Waals surface area contributed by atoms with Crippen molar-refractivity contribution in [2.45, 2.75) is 13.7 Å². The minimum atomic E-state index is 1.08. The minimum absolute atomic E-state index is 1.08. The van der Waals surface area contributed by atoms with Gasteiger partial charge in [-0.25, -0.2) is 0 Å². The van der Waals surface area contributed by atoms with Gasteiger partial charge >= 0.3 is 0 Å². The molecule has 1 nitrogen and oxygen atoms in total. The molecule has 1 aromatic rings. The van der Waals surface area contributed by atoms with Gasteiger partial charge in [-0.15, -0.1) is 0 Å². The van der Waals surface area contributed by atoms with E-state index in [9.17, 15) is 0 Å². The molecule has 0 radical (unpaired) electrons. The highest BCUT2D eigenvalue weighted by molar-refractivity contribution is 6.51. The Kier molecular flexibility index (Phi) is 1.88. The number of aromatic nitrogens is 1. The number of rotatable bonds is 1. The second-order valence-electron chi connectivity index (χ2n) is 2.16. The van der Waals surface area contributed by atoms with Gasteiger partial charge in [-0.05, 0) is 13.0 Å². The van der Waals surface area contributed by atoms with Crippen molar-refractivity contribution in [3.63, 3.8) is 0 Å². The van der Waals surface area contributed by atoms with Crippen LogP contribution in [0.1, 0.15) is 5.69 Å². The van der Waals surface area contributed by atoms with Gasteiger partial charge in [-0.2, -0.15) is 0 Å². The van der Waals surface area contributed by atoms with Crippen LogP contribution in [0.5, 0.6) is 0 Å². The molecule has 0 saturated carbocycles. The predicted octanol–water partition coefficient (Wildman–Crippen LogP) is 0.500. The first-order valence-electron chi connectivity index (χ1n) is 3.24. The van der Waals surface area contributed by atoms with Crippen molar-refractivity contribution in [1.29, 1.82) is 0 Å². The van der Waals surface area contributed by atoms with Gasteiger partial charge in [-0.1, -0.05) is 18.4 Å². The predicted molar refractivity (Wildman–Crippen MR) is 41.6 cm³/mol. The minimum Gasteiger partial charge on any atom is -0.262 e. The Morgan fingerprint density at radius 3 is 2.67 bits per heavy atom. The van der Waals surface area contributed by atoms with Crippen LogP contribution in [0.4, 0.5) is 0 Å². The lowest BCUT2D eigenvalue weighted by Crippen LogP contribution is -2.10. The molecular formula is C7H10BN. The SMILES string of the molecule is CBc1ccc(C)nc1. The lowest BCUT2D eigenvalue weighted by molar-refractivity contribution is 1.21. The fourth-order valence-electron chi connectivity index (χ4n) is 0.708. The summed E-state index contributed by atoms with van der Waals surface area (Å²) in [6.45, 7) is 4.13. The molecule has 0 fully saturated rings. The molecule has 0 saturated heterocycles. The van der Waals surface area contributed by atoms with Crippen molar-refractivity contribution in [2.24, 2.45) is 0 Å². The van der Waals surface area contributed by atoms with E-state index in [2.05, 4.69) is 17.9 Å². The van der Waals surface area contributed by atoms with E-state index in [1.54, 1.807) is 0 Å². The molecule has 0 spiro atoms. The summed E-state index contributed by atoms with van der Waals surface area (Å²) in [6, 6.07) is 4.15. The van der Waals surface area contributed by atoms with Crippen molar-refractivity contribution in [3.8, 4) is 0 Å². The molecule has 0 amide bonds. The second-order valence-corrected chi connectivity index (χ2v) is 2.16. The van der Waals surface area contributed by atoms with Crippen molar-refractivity contribution in [1.82, 2.24) is 4.98 Å². The molecule has 1 heterocycles. The summed E-state index contributed by atoms with van der Waals surface area (Å²) in [7, 11) is 1.08. The van der Waals surface area contributed by atoms with E-state index >= 15 is 0 Å². The molecule has 0 unspecified atom stereocenters. The Bertz CT molecular complexity index is 181. The Labute approximate surface area is 56.4 Å². The van der Waals surface area contributed by atoms with Crippen molar-refractivity contribution >= 4 is 12.7 Å². The normalized spacial score (nSPS) is 9.11. The van der Waals surface area contributed by atoms with Crippen LogP contribution in [0.2, 0.25) is 6.82 Å². The molecule has 0 aromatic carbocycles. The Hall–Kier alpha value is -0.785. The summed E-state index contributed by atoms with van der Waals surface area (Å²) >= 11 is 0. The smallest absolute Gasteiger partial charge is 0.156 e. The lowest BCUT2D eigenvalue weighted by atomic mass is 9.74. The summed E-state index contributed by atoms with van der Waals surface area (Å²) in [6.07, 6.45) is 1.93. The topological polar surface area (TPSA) is 12.9 Å². The summed E-state index contributed by atoms with van der Waals surface area (Å²) < 4.78 is 0. The first-order chi connectivity index (χ1) is 4.33. The van der Waals surface area contributed by atoms with Gasteiger partial charge < -0.3 is 0 Å². The quantitative estimate of drug-likeness (QED) is 0.490. The van der Waals surface area contributed by atoms with Crippen LogP contribution < -0.4 is 5.46 Å². The molecule has 1 aromatic heterocycles. The molecule has 0 bridgehead atoms. The van der Waals surface area contributed by atoms with Gasteiger partial charge in [0.2, 0.25) is 0 Å². The highest BCUT2D eigenvalue weighted by Gasteiger charge is 1.87. The number of hydrogen-bond donors (Lipinski definition) is 0. The third-order valence-corrected chi connectivity index (χ3v) is 1.38. The van der Waals surface area contributed by atoms with Crippen LogP contribution in [0.25, 0.3) is 0 Å². The fraction of sp³-hybridized carbons (Fsp3) is 0.286. The number of pyridine rings is 1. The number of hydrogen-bond acceptors (Lipinski definition) is 1. The standard InChI is InChI=1S/C7H10BN/c1-6-3-4-7(8-2)5-9-6/h3-5,8H,1-2H3. The van der Waals surface area contributed by atoms with E-state index < -0.39 is 0 Å². The first-order valence-corrected chi connectivity index (χ1v) is 3.24. The van der Waals surface area contributed by atoms with E-state index in [1.165, 1.54) is 5.46 Å². The van der Waals surface area contributed by atoms with Gasteiger partial charge in [0.15, 0.2) is 7.28 Å². The van der Waals surface area contributed by atoms with Crippen LogP contribution in [-0.2, 0) is 0 Å². The van der Waals surface area contributed by atoms with Crippen LogP contribution in [0.15, 0.2) is 18.3 Å². The molecule has 1 rings (SSSR count). The molecule has 0 aliphatic heterocycles. The first kappa shape index (κ1) is 6.34. The van der Waals surface area contributed by atoms with Crippen LogP contribution in [-0.4, -0.2) is 12.3 Å². The average molecular weight is 119 g/mol. The highest BCUT2D eigenvalue weighted by Crippen LogP contribution is 1.85. The lowest BCUT2D eigenvalue weighted by Gasteiger charge is -1.92. The fourth-order valence-corrected chi connectivity index (χ4v) is 0.708. The van der Waals surface area contributed by atoms with Crippen LogP contribution in [0.3, 0.4) is 0 Å². The summed E-state index contributed by atoms with van der Waals surface area (Å²) in [5.74, 6) is 0. The largest absolute Gasteiger partial charge is 0.262 e. The molecule has 9 heavy (non-hydrogen) atoms. The zero-order valence-electron chi connectivity index (χ0n) is 5.89. The molecule has 0 aliphatic rings. The third kappa shape index (κ3) is 1.56. The van der Waals surface area contributed by atoms with Gasteiger partial charge in [0.1, 0.15) is 0 Å². The van der Waals surface area contributed by atoms with Crippen molar-refractivity contribution < 1.29 is 0 Å². The average Bonchev–Trinajstić information content (AvgIpc) is 1.90. The highest BCUT2D eigenvalue weighted by atomic mass is 14.6.